The molecule has 0 aromatic carbocycles. The number of esters is 1. The van der Waals surface area contributed by atoms with Gasteiger partial charge in [-0.3, -0.25) is 9.59 Å². The number of ether oxygens (including phenoxy) is 1. The van der Waals surface area contributed by atoms with Gasteiger partial charge in [0.2, 0.25) is 5.91 Å². The smallest absolute Gasteiger partial charge is 0.305 e. The standard InChI is InChI=1S/C77H147NO5/c1-3-5-7-9-11-13-15-17-19-39-42-45-49-53-57-61-65-69-75(80)74(73-79)78-76(81)70-66-62-58-54-50-46-43-40-37-35-33-31-29-27-25-23-21-20-22-24-26-28-30-32-34-36-38-41-44-48-52-56-60-64-68-72-83-77(82)71-67-63-59-55-51-47-18-16-14-12-10-8-6-4-2/h16,18,22,24,28,30,74-75,79-80H,3-15,17,19-21,23,25-27,29,31-73H2,1-2H3,(H,78,81)/b18-16-,24-22-,30-28-. The number of allylic oxidation sites excluding steroid dienone is 6. The third kappa shape index (κ3) is 69.1. The summed E-state index contributed by atoms with van der Waals surface area (Å²) in [6.07, 6.45) is 93.6. The molecule has 0 aliphatic heterocycles. The van der Waals surface area contributed by atoms with E-state index >= 15 is 0 Å². The monoisotopic (exact) mass is 1170 g/mol. The predicted molar refractivity (Wildman–Crippen MR) is 366 cm³/mol. The van der Waals surface area contributed by atoms with Crippen molar-refractivity contribution in [2.45, 2.75) is 431 Å². The molecule has 0 aromatic rings. The van der Waals surface area contributed by atoms with Gasteiger partial charge in [0.05, 0.1) is 25.4 Å². The number of unbranched alkanes of at least 4 members (excludes halogenated alkanes) is 54. The molecule has 0 aliphatic rings. The quantitative estimate of drug-likeness (QED) is 0.0320. The van der Waals surface area contributed by atoms with Crippen molar-refractivity contribution in [3.8, 4) is 0 Å². The van der Waals surface area contributed by atoms with Crippen LogP contribution in [0.3, 0.4) is 0 Å². The Hall–Kier alpha value is -1.92. The van der Waals surface area contributed by atoms with Crippen LogP contribution in [0.2, 0.25) is 0 Å². The van der Waals surface area contributed by atoms with Gasteiger partial charge in [-0.2, -0.15) is 0 Å². The van der Waals surface area contributed by atoms with Gasteiger partial charge in [-0.1, -0.05) is 359 Å². The van der Waals surface area contributed by atoms with Gasteiger partial charge < -0.3 is 20.3 Å². The highest BCUT2D eigenvalue weighted by Gasteiger charge is 2.20. The van der Waals surface area contributed by atoms with Crippen LogP contribution in [0.25, 0.3) is 0 Å². The van der Waals surface area contributed by atoms with E-state index in [9.17, 15) is 19.8 Å². The van der Waals surface area contributed by atoms with E-state index in [2.05, 4.69) is 55.6 Å². The third-order valence-electron chi connectivity index (χ3n) is 17.7. The van der Waals surface area contributed by atoms with Crippen LogP contribution in [0, 0.1) is 0 Å². The van der Waals surface area contributed by atoms with Crippen molar-refractivity contribution in [1.29, 1.82) is 0 Å². The molecule has 0 saturated carbocycles. The zero-order chi connectivity index (χ0) is 59.9. The van der Waals surface area contributed by atoms with Gasteiger partial charge in [0.1, 0.15) is 0 Å². The molecule has 2 unspecified atom stereocenters. The number of rotatable bonds is 71. The molecule has 83 heavy (non-hydrogen) atoms. The van der Waals surface area contributed by atoms with E-state index in [0.29, 0.717) is 25.9 Å². The minimum Gasteiger partial charge on any atom is -0.466 e. The highest BCUT2D eigenvalue weighted by Crippen LogP contribution is 2.19. The Labute approximate surface area is 519 Å². The van der Waals surface area contributed by atoms with Gasteiger partial charge in [0.25, 0.3) is 0 Å². The van der Waals surface area contributed by atoms with Crippen LogP contribution in [-0.2, 0) is 14.3 Å². The number of carbonyl (C=O) groups is 2. The van der Waals surface area contributed by atoms with E-state index < -0.39 is 12.1 Å². The highest BCUT2D eigenvalue weighted by molar-refractivity contribution is 5.76. The van der Waals surface area contributed by atoms with Crippen LogP contribution in [0.5, 0.6) is 0 Å². The number of amides is 1. The SMILES string of the molecule is CCCCCCC/C=C\CCCCCCCC(=O)OCCCCCCCCCCCCC/C=C\C/C=C\CCCCCCCCCCCCCCCCCCCC(=O)NC(CO)C(O)CCCCCCCCCCCCCCCCCCC. The maximum atomic E-state index is 12.5. The fourth-order valence-corrected chi connectivity index (χ4v) is 11.9. The van der Waals surface area contributed by atoms with Gasteiger partial charge >= 0.3 is 5.97 Å². The molecule has 3 N–H and O–H groups in total. The van der Waals surface area contributed by atoms with Crippen LogP contribution in [0.1, 0.15) is 418 Å². The van der Waals surface area contributed by atoms with E-state index in [1.54, 1.807) is 0 Å². The van der Waals surface area contributed by atoms with Gasteiger partial charge in [-0.05, 0) is 83.5 Å². The minimum absolute atomic E-state index is 0.00870. The molecule has 0 spiro atoms. The van der Waals surface area contributed by atoms with Crippen LogP contribution in [-0.4, -0.2) is 47.4 Å². The fraction of sp³-hybridized carbons (Fsp3) is 0.896. The largest absolute Gasteiger partial charge is 0.466 e. The second kappa shape index (κ2) is 72.6. The van der Waals surface area contributed by atoms with Crippen LogP contribution >= 0.6 is 0 Å². The third-order valence-corrected chi connectivity index (χ3v) is 17.7. The lowest BCUT2D eigenvalue weighted by Crippen LogP contribution is -2.45. The molecule has 0 fully saturated rings. The molecule has 6 nitrogen and oxygen atoms in total. The van der Waals surface area contributed by atoms with Gasteiger partial charge in [0.15, 0.2) is 0 Å². The minimum atomic E-state index is -0.663. The van der Waals surface area contributed by atoms with Gasteiger partial charge in [0, 0.05) is 12.8 Å². The molecule has 1 amide bonds. The Morgan fingerprint density at radius 3 is 0.928 bits per heavy atom. The fourth-order valence-electron chi connectivity index (χ4n) is 11.9. The zero-order valence-corrected chi connectivity index (χ0v) is 56.2. The molecule has 0 radical (unpaired) electrons. The summed E-state index contributed by atoms with van der Waals surface area (Å²) in [5.74, 6) is -0.0203. The van der Waals surface area contributed by atoms with E-state index in [1.165, 1.54) is 334 Å². The molecule has 0 bridgehead atoms. The van der Waals surface area contributed by atoms with Crippen LogP contribution < -0.4 is 5.32 Å². The van der Waals surface area contributed by atoms with Gasteiger partial charge in [-0.25, -0.2) is 0 Å². The first-order valence-corrected chi connectivity index (χ1v) is 37.7. The molecule has 6 heteroatoms. The normalized spacial score (nSPS) is 12.7. The van der Waals surface area contributed by atoms with Crippen LogP contribution in [0.4, 0.5) is 0 Å². The van der Waals surface area contributed by atoms with Crippen molar-refractivity contribution in [2.24, 2.45) is 0 Å². The maximum Gasteiger partial charge on any atom is 0.305 e. The second-order valence-electron chi connectivity index (χ2n) is 26.0. The van der Waals surface area contributed by atoms with Crippen molar-refractivity contribution >= 4 is 11.9 Å². The van der Waals surface area contributed by atoms with Crippen molar-refractivity contribution in [2.75, 3.05) is 13.2 Å². The Kier molecular flexibility index (Phi) is 70.9. The lowest BCUT2D eigenvalue weighted by molar-refractivity contribution is -0.143. The average molecular weight is 1170 g/mol. The number of nitrogens with one attached hydrogen (secondary N) is 1. The maximum absolute atomic E-state index is 12.5. The summed E-state index contributed by atoms with van der Waals surface area (Å²) in [5.41, 5.74) is 0. The summed E-state index contributed by atoms with van der Waals surface area (Å²) in [4.78, 5) is 24.6. The summed E-state index contributed by atoms with van der Waals surface area (Å²) < 4.78 is 5.49. The number of hydrogen-bond acceptors (Lipinski definition) is 5. The Morgan fingerprint density at radius 2 is 0.602 bits per heavy atom. The van der Waals surface area contributed by atoms with Crippen molar-refractivity contribution in [1.82, 2.24) is 5.32 Å². The average Bonchev–Trinajstić information content (AvgIpc) is 3.49. The first-order valence-electron chi connectivity index (χ1n) is 37.7. The van der Waals surface area contributed by atoms with E-state index in [4.69, 9.17) is 4.74 Å². The molecule has 490 valence electrons. The number of hydrogen-bond donors (Lipinski definition) is 3. The van der Waals surface area contributed by atoms with Crippen molar-refractivity contribution < 1.29 is 24.5 Å². The molecular formula is C77H147NO5. The number of aliphatic hydroxyl groups is 2. The summed E-state index contributed by atoms with van der Waals surface area (Å²) in [6.45, 7) is 4.98. The summed E-state index contributed by atoms with van der Waals surface area (Å²) >= 11 is 0. The first-order chi connectivity index (χ1) is 41.0. The summed E-state index contributed by atoms with van der Waals surface area (Å²) in [6, 6.07) is -0.540. The number of aliphatic hydroxyl groups excluding tert-OH is 2. The zero-order valence-electron chi connectivity index (χ0n) is 56.2. The molecule has 0 aromatic heterocycles. The first kappa shape index (κ1) is 81.1. The Bertz CT molecular complexity index is 1340. The predicted octanol–water partition coefficient (Wildman–Crippen LogP) is 24.7. The second-order valence-corrected chi connectivity index (χ2v) is 26.0. The topological polar surface area (TPSA) is 95.9 Å². The van der Waals surface area contributed by atoms with E-state index in [1.807, 2.05) is 0 Å². The summed E-state index contributed by atoms with van der Waals surface area (Å²) in [5, 5.41) is 23.4. The Balaban J connectivity index is 3.37. The molecular weight excluding hydrogens is 1020 g/mol. The van der Waals surface area contributed by atoms with Crippen molar-refractivity contribution in [3.05, 3.63) is 36.5 Å². The van der Waals surface area contributed by atoms with Crippen LogP contribution in [0.15, 0.2) is 36.5 Å². The summed E-state index contributed by atoms with van der Waals surface area (Å²) in [7, 11) is 0. The molecule has 2 atom stereocenters. The highest BCUT2D eigenvalue weighted by atomic mass is 16.5. The Morgan fingerprint density at radius 1 is 0.337 bits per heavy atom. The lowest BCUT2D eigenvalue weighted by atomic mass is 10.0. The van der Waals surface area contributed by atoms with Crippen molar-refractivity contribution in [3.63, 3.8) is 0 Å². The van der Waals surface area contributed by atoms with E-state index in [0.717, 1.165) is 51.4 Å². The lowest BCUT2D eigenvalue weighted by Gasteiger charge is -2.22. The van der Waals surface area contributed by atoms with Gasteiger partial charge in [-0.15, -0.1) is 0 Å². The molecule has 0 rings (SSSR count). The number of carbonyl (C=O) groups excluding carboxylic acids is 2. The molecule has 0 saturated heterocycles. The van der Waals surface area contributed by atoms with E-state index in [-0.39, 0.29) is 18.5 Å². The molecule has 0 heterocycles. The molecule has 0 aliphatic carbocycles.